The fourth-order valence-corrected chi connectivity index (χ4v) is 2.48. The predicted octanol–water partition coefficient (Wildman–Crippen LogP) is 1.16. The number of aromatic amines is 1. The fraction of sp³-hybridized carbons (Fsp3) is 0.538. The Hall–Kier alpha value is -1.66. The SMILES string of the molecule is OCC1(CNc2ncnc3[nH]ccc23)CCOCC1. The molecule has 2 aromatic heterocycles. The molecule has 0 spiro atoms. The lowest BCUT2D eigenvalue weighted by molar-refractivity contribution is -0.00860. The molecule has 3 heterocycles. The Balaban J connectivity index is 1.76. The van der Waals surface area contributed by atoms with E-state index in [0.29, 0.717) is 19.8 Å². The van der Waals surface area contributed by atoms with Gasteiger partial charge in [0.1, 0.15) is 17.8 Å². The maximum atomic E-state index is 9.66. The summed E-state index contributed by atoms with van der Waals surface area (Å²) in [7, 11) is 0. The first kappa shape index (κ1) is 12.4. The van der Waals surface area contributed by atoms with Crippen LogP contribution >= 0.6 is 0 Å². The Kier molecular flexibility index (Phi) is 3.35. The van der Waals surface area contributed by atoms with Gasteiger partial charge >= 0.3 is 0 Å². The number of rotatable bonds is 4. The third-order valence-corrected chi connectivity index (χ3v) is 3.87. The van der Waals surface area contributed by atoms with Gasteiger partial charge in [-0.2, -0.15) is 0 Å². The van der Waals surface area contributed by atoms with Gasteiger partial charge in [-0.15, -0.1) is 0 Å². The number of nitrogens with one attached hydrogen (secondary N) is 2. The van der Waals surface area contributed by atoms with Crippen molar-refractivity contribution in [2.45, 2.75) is 12.8 Å². The van der Waals surface area contributed by atoms with Crippen molar-refractivity contribution in [1.82, 2.24) is 15.0 Å². The van der Waals surface area contributed by atoms with Crippen LogP contribution < -0.4 is 5.32 Å². The second kappa shape index (κ2) is 5.14. The van der Waals surface area contributed by atoms with E-state index in [-0.39, 0.29) is 12.0 Å². The lowest BCUT2D eigenvalue weighted by Gasteiger charge is -2.35. The zero-order valence-electron chi connectivity index (χ0n) is 10.7. The number of hydrogen-bond acceptors (Lipinski definition) is 5. The molecular weight excluding hydrogens is 244 g/mol. The van der Waals surface area contributed by atoms with E-state index in [9.17, 15) is 5.11 Å². The quantitative estimate of drug-likeness (QED) is 0.770. The lowest BCUT2D eigenvalue weighted by atomic mass is 9.81. The summed E-state index contributed by atoms with van der Waals surface area (Å²) in [5.74, 6) is 0.811. The summed E-state index contributed by atoms with van der Waals surface area (Å²) in [4.78, 5) is 11.5. The van der Waals surface area contributed by atoms with E-state index >= 15 is 0 Å². The topological polar surface area (TPSA) is 83.1 Å². The summed E-state index contributed by atoms with van der Waals surface area (Å²) in [5.41, 5.74) is 0.716. The van der Waals surface area contributed by atoms with Crippen LogP contribution in [0.4, 0.5) is 5.82 Å². The first-order valence-corrected chi connectivity index (χ1v) is 6.54. The number of aromatic nitrogens is 3. The highest BCUT2D eigenvalue weighted by molar-refractivity contribution is 5.86. The molecule has 1 aliphatic rings. The van der Waals surface area contributed by atoms with Crippen LogP contribution in [0.2, 0.25) is 0 Å². The Morgan fingerprint density at radius 2 is 2.21 bits per heavy atom. The maximum Gasteiger partial charge on any atom is 0.142 e. The van der Waals surface area contributed by atoms with Gasteiger partial charge in [-0.3, -0.25) is 0 Å². The average Bonchev–Trinajstić information content (AvgIpc) is 2.95. The van der Waals surface area contributed by atoms with Crippen molar-refractivity contribution >= 4 is 16.9 Å². The van der Waals surface area contributed by atoms with Gasteiger partial charge in [-0.1, -0.05) is 0 Å². The molecule has 0 bridgehead atoms. The molecule has 0 aromatic carbocycles. The van der Waals surface area contributed by atoms with Crippen molar-refractivity contribution < 1.29 is 9.84 Å². The predicted molar refractivity (Wildman–Crippen MR) is 72.0 cm³/mol. The molecule has 19 heavy (non-hydrogen) atoms. The molecular formula is C13H18N4O2. The van der Waals surface area contributed by atoms with Crippen LogP contribution in [-0.4, -0.2) is 46.4 Å². The van der Waals surface area contributed by atoms with Crippen LogP contribution in [0.1, 0.15) is 12.8 Å². The molecule has 3 rings (SSSR count). The standard InChI is InChI=1S/C13H18N4O2/c18-8-13(2-5-19-6-3-13)7-15-12-10-1-4-14-11(10)16-9-17-12/h1,4,9,18H,2-3,5-8H2,(H2,14,15,16,17). The van der Waals surface area contributed by atoms with Crippen LogP contribution in [0.15, 0.2) is 18.6 Å². The molecule has 1 saturated heterocycles. The molecule has 6 nitrogen and oxygen atoms in total. The number of aliphatic hydroxyl groups excluding tert-OH is 1. The Morgan fingerprint density at radius 3 is 3.00 bits per heavy atom. The van der Waals surface area contributed by atoms with Gasteiger partial charge in [0.25, 0.3) is 0 Å². The van der Waals surface area contributed by atoms with Crippen molar-refractivity contribution in [3.8, 4) is 0 Å². The van der Waals surface area contributed by atoms with Gasteiger partial charge in [-0.25, -0.2) is 9.97 Å². The van der Waals surface area contributed by atoms with Gasteiger partial charge in [0.2, 0.25) is 0 Å². The number of H-pyrrole nitrogens is 1. The van der Waals surface area contributed by atoms with Crippen molar-refractivity contribution in [2.24, 2.45) is 5.41 Å². The number of nitrogens with zero attached hydrogens (tertiary/aromatic N) is 2. The molecule has 1 fully saturated rings. The minimum absolute atomic E-state index is 0.105. The summed E-state index contributed by atoms with van der Waals surface area (Å²) in [6.07, 6.45) is 5.13. The summed E-state index contributed by atoms with van der Waals surface area (Å²) in [6.45, 7) is 2.30. The first-order valence-electron chi connectivity index (χ1n) is 6.54. The molecule has 0 saturated carbocycles. The molecule has 1 aliphatic heterocycles. The fourth-order valence-electron chi connectivity index (χ4n) is 2.48. The van der Waals surface area contributed by atoms with Crippen LogP contribution in [-0.2, 0) is 4.74 Å². The minimum atomic E-state index is -0.105. The van der Waals surface area contributed by atoms with Crippen molar-refractivity contribution in [2.75, 3.05) is 31.7 Å². The monoisotopic (exact) mass is 262 g/mol. The highest BCUT2D eigenvalue weighted by atomic mass is 16.5. The number of anilines is 1. The molecule has 102 valence electrons. The van der Waals surface area contributed by atoms with Gasteiger partial charge < -0.3 is 20.1 Å². The van der Waals surface area contributed by atoms with E-state index in [0.717, 1.165) is 29.7 Å². The minimum Gasteiger partial charge on any atom is -0.396 e. The van der Waals surface area contributed by atoms with E-state index in [4.69, 9.17) is 4.74 Å². The van der Waals surface area contributed by atoms with Gasteiger partial charge in [0.15, 0.2) is 0 Å². The first-order chi connectivity index (χ1) is 9.33. The van der Waals surface area contributed by atoms with E-state index < -0.39 is 0 Å². The Morgan fingerprint density at radius 1 is 1.37 bits per heavy atom. The van der Waals surface area contributed by atoms with E-state index in [2.05, 4.69) is 20.3 Å². The van der Waals surface area contributed by atoms with Crippen LogP contribution in [0, 0.1) is 5.41 Å². The van der Waals surface area contributed by atoms with Crippen molar-refractivity contribution in [3.63, 3.8) is 0 Å². The van der Waals surface area contributed by atoms with Gasteiger partial charge in [-0.05, 0) is 18.9 Å². The molecule has 0 unspecified atom stereocenters. The van der Waals surface area contributed by atoms with Crippen LogP contribution in [0.25, 0.3) is 11.0 Å². The van der Waals surface area contributed by atoms with Crippen LogP contribution in [0.3, 0.4) is 0 Å². The number of fused-ring (bicyclic) bond motifs is 1. The summed E-state index contributed by atoms with van der Waals surface area (Å²) >= 11 is 0. The zero-order chi connectivity index (χ0) is 13.1. The molecule has 6 heteroatoms. The Labute approximate surface area is 111 Å². The largest absolute Gasteiger partial charge is 0.396 e. The van der Waals surface area contributed by atoms with Gasteiger partial charge in [0.05, 0.1) is 12.0 Å². The molecule has 0 atom stereocenters. The smallest absolute Gasteiger partial charge is 0.142 e. The molecule has 2 aromatic rings. The number of ether oxygens (including phenoxy) is 1. The maximum absolute atomic E-state index is 9.66. The van der Waals surface area contributed by atoms with E-state index in [1.807, 2.05) is 12.3 Å². The highest BCUT2D eigenvalue weighted by Gasteiger charge is 2.32. The summed E-state index contributed by atoms with van der Waals surface area (Å²) < 4.78 is 5.37. The van der Waals surface area contributed by atoms with E-state index in [1.54, 1.807) is 0 Å². The zero-order valence-corrected chi connectivity index (χ0v) is 10.7. The number of aliphatic hydroxyl groups is 1. The second-order valence-corrected chi connectivity index (χ2v) is 5.09. The molecule has 0 aliphatic carbocycles. The molecule has 0 radical (unpaired) electrons. The normalized spacial score (nSPS) is 18.6. The summed E-state index contributed by atoms with van der Waals surface area (Å²) in [6, 6.07) is 1.95. The Bertz CT molecular complexity index is 548. The average molecular weight is 262 g/mol. The van der Waals surface area contributed by atoms with Crippen LogP contribution in [0.5, 0.6) is 0 Å². The second-order valence-electron chi connectivity index (χ2n) is 5.09. The van der Waals surface area contributed by atoms with E-state index in [1.165, 1.54) is 6.33 Å². The molecule has 0 amide bonds. The third kappa shape index (κ3) is 2.41. The summed E-state index contributed by atoms with van der Waals surface area (Å²) in [5, 5.41) is 14.0. The van der Waals surface area contributed by atoms with Gasteiger partial charge in [0, 0.05) is 31.4 Å². The van der Waals surface area contributed by atoms with Crippen molar-refractivity contribution in [3.05, 3.63) is 18.6 Å². The highest BCUT2D eigenvalue weighted by Crippen LogP contribution is 2.30. The van der Waals surface area contributed by atoms with Crippen molar-refractivity contribution in [1.29, 1.82) is 0 Å². The molecule has 3 N–H and O–H groups in total. The third-order valence-electron chi connectivity index (χ3n) is 3.87. The number of hydrogen-bond donors (Lipinski definition) is 3. The lowest BCUT2D eigenvalue weighted by Crippen LogP contribution is -2.39.